The Morgan fingerprint density at radius 3 is 1.62 bits per heavy atom. The number of hydrogen-bond donors (Lipinski definition) is 1. The van der Waals surface area contributed by atoms with Crippen molar-refractivity contribution in [1.29, 1.82) is 5.41 Å². The highest BCUT2D eigenvalue weighted by atomic mass is 15.6. The van der Waals surface area contributed by atoms with Gasteiger partial charge in [-0.1, -0.05) is 0 Å². The van der Waals surface area contributed by atoms with Crippen molar-refractivity contribution in [3.8, 4) is 0 Å². The van der Waals surface area contributed by atoms with Crippen LogP contribution in [0.25, 0.3) is 0 Å². The third-order valence-corrected chi connectivity index (χ3v) is 1.09. The molecule has 3 nitrogen and oxygen atoms in total. The molecule has 48 valence electrons. The van der Waals surface area contributed by atoms with Crippen molar-refractivity contribution in [3.63, 3.8) is 0 Å². The lowest BCUT2D eigenvalue weighted by atomic mass is 10.7. The second-order valence-corrected chi connectivity index (χ2v) is 1.96. The molecule has 0 saturated carbocycles. The number of hydrazine groups is 1. The van der Waals surface area contributed by atoms with Crippen LogP contribution in [0, 0.1) is 5.41 Å². The van der Waals surface area contributed by atoms with Crippen molar-refractivity contribution in [2.24, 2.45) is 0 Å². The fraction of sp³-hybridized carbons (Fsp3) is 0.800. The zero-order valence-electron chi connectivity index (χ0n) is 5.89. The van der Waals surface area contributed by atoms with Gasteiger partial charge in [0.15, 0.2) is 0 Å². The molecule has 8 heavy (non-hydrogen) atoms. The van der Waals surface area contributed by atoms with Crippen LogP contribution in [0.4, 0.5) is 0 Å². The van der Waals surface area contributed by atoms with Crippen LogP contribution in [0.15, 0.2) is 0 Å². The van der Waals surface area contributed by atoms with E-state index in [4.69, 9.17) is 5.41 Å². The Morgan fingerprint density at radius 2 is 1.62 bits per heavy atom. The first-order valence-electron chi connectivity index (χ1n) is 2.52. The van der Waals surface area contributed by atoms with Crippen molar-refractivity contribution >= 4 is 5.84 Å². The van der Waals surface area contributed by atoms with Gasteiger partial charge in [0.2, 0.25) is 0 Å². The molecule has 0 aliphatic carbocycles. The summed E-state index contributed by atoms with van der Waals surface area (Å²) < 4.78 is 0. The standard InChI is InChI=1S/C5H13N3/c1-5(6)8(4)7(2)3/h6H,1-4H3. The van der Waals surface area contributed by atoms with Crippen molar-refractivity contribution in [1.82, 2.24) is 10.0 Å². The van der Waals surface area contributed by atoms with Crippen molar-refractivity contribution in [2.45, 2.75) is 6.92 Å². The minimum atomic E-state index is 0.551. The van der Waals surface area contributed by atoms with E-state index in [0.29, 0.717) is 5.84 Å². The van der Waals surface area contributed by atoms with Gasteiger partial charge in [-0.2, -0.15) is 0 Å². The van der Waals surface area contributed by atoms with Gasteiger partial charge >= 0.3 is 0 Å². The van der Waals surface area contributed by atoms with E-state index in [1.165, 1.54) is 0 Å². The van der Waals surface area contributed by atoms with Gasteiger partial charge < -0.3 is 0 Å². The maximum absolute atomic E-state index is 7.12. The van der Waals surface area contributed by atoms with Crippen molar-refractivity contribution in [3.05, 3.63) is 0 Å². The molecule has 0 spiro atoms. The van der Waals surface area contributed by atoms with Crippen molar-refractivity contribution in [2.75, 3.05) is 21.1 Å². The van der Waals surface area contributed by atoms with Crippen LogP contribution in [-0.4, -0.2) is 37.0 Å². The summed E-state index contributed by atoms with van der Waals surface area (Å²) in [6.45, 7) is 1.75. The first-order valence-corrected chi connectivity index (χ1v) is 2.52. The Bertz CT molecular complexity index is 87.7. The lowest BCUT2D eigenvalue weighted by Crippen LogP contribution is -2.36. The third kappa shape index (κ3) is 1.93. The Kier molecular flexibility index (Phi) is 2.48. The molecule has 1 N–H and O–H groups in total. The summed E-state index contributed by atoms with van der Waals surface area (Å²) in [6, 6.07) is 0. The zero-order valence-corrected chi connectivity index (χ0v) is 5.89. The molecule has 0 rings (SSSR count). The molecular formula is C5H13N3. The average molecular weight is 115 g/mol. The molecule has 0 amide bonds. The predicted molar refractivity (Wildman–Crippen MR) is 34.9 cm³/mol. The Balaban J connectivity index is 3.64. The van der Waals surface area contributed by atoms with Gasteiger partial charge in [-0.3, -0.25) is 10.4 Å². The van der Waals surface area contributed by atoms with Gasteiger partial charge in [-0.25, -0.2) is 5.01 Å². The monoisotopic (exact) mass is 115 g/mol. The molecule has 0 unspecified atom stereocenters. The average Bonchev–Trinajstić information content (AvgIpc) is 1.64. The Hall–Kier alpha value is -0.570. The largest absolute Gasteiger partial charge is 0.297 e. The zero-order chi connectivity index (χ0) is 6.73. The molecule has 0 aliphatic heterocycles. The summed E-state index contributed by atoms with van der Waals surface area (Å²) in [6.07, 6.45) is 0. The molecule has 3 heteroatoms. The number of nitrogens with one attached hydrogen (secondary N) is 1. The Morgan fingerprint density at radius 1 is 1.25 bits per heavy atom. The van der Waals surface area contributed by atoms with E-state index in [-0.39, 0.29) is 0 Å². The lowest BCUT2D eigenvalue weighted by molar-refractivity contribution is 0.142. The SMILES string of the molecule is CC(=N)N(C)N(C)C. The molecule has 0 aromatic heterocycles. The van der Waals surface area contributed by atoms with Gasteiger partial charge in [0.05, 0.1) is 0 Å². The number of amidine groups is 1. The van der Waals surface area contributed by atoms with Crippen LogP contribution < -0.4 is 0 Å². The molecule has 0 atom stereocenters. The highest BCUT2D eigenvalue weighted by molar-refractivity contribution is 5.75. The summed E-state index contributed by atoms with van der Waals surface area (Å²) in [5, 5.41) is 10.7. The molecule has 0 aromatic carbocycles. The minimum absolute atomic E-state index is 0.551. The van der Waals surface area contributed by atoms with E-state index >= 15 is 0 Å². The second kappa shape index (κ2) is 2.67. The van der Waals surface area contributed by atoms with Gasteiger partial charge in [-0.05, 0) is 6.92 Å². The molecular weight excluding hydrogens is 102 g/mol. The first kappa shape index (κ1) is 7.43. The van der Waals surface area contributed by atoms with E-state index in [2.05, 4.69) is 0 Å². The summed E-state index contributed by atoms with van der Waals surface area (Å²) in [5.41, 5.74) is 0. The third-order valence-electron chi connectivity index (χ3n) is 1.09. The molecule has 0 aliphatic rings. The maximum atomic E-state index is 7.12. The van der Waals surface area contributed by atoms with Crippen LogP contribution in [0.3, 0.4) is 0 Å². The van der Waals surface area contributed by atoms with Crippen LogP contribution in [0.2, 0.25) is 0 Å². The Labute approximate surface area is 50.4 Å². The maximum Gasteiger partial charge on any atom is 0.107 e. The number of hydrogen-bond acceptors (Lipinski definition) is 2. The predicted octanol–water partition coefficient (Wildman–Crippen LogP) is 0.392. The molecule has 0 radical (unpaired) electrons. The molecule has 0 fully saturated rings. The van der Waals surface area contributed by atoms with E-state index in [1.54, 1.807) is 11.9 Å². The van der Waals surface area contributed by atoms with Crippen LogP contribution >= 0.6 is 0 Å². The van der Waals surface area contributed by atoms with E-state index in [1.807, 2.05) is 26.2 Å². The van der Waals surface area contributed by atoms with Crippen LogP contribution in [-0.2, 0) is 0 Å². The van der Waals surface area contributed by atoms with E-state index in [0.717, 1.165) is 0 Å². The number of rotatable bonds is 1. The smallest absolute Gasteiger partial charge is 0.107 e. The minimum Gasteiger partial charge on any atom is -0.297 e. The first-order chi connectivity index (χ1) is 3.55. The number of nitrogens with zero attached hydrogens (tertiary/aromatic N) is 2. The normalized spacial score (nSPS) is 9.62. The molecule has 0 heterocycles. The lowest BCUT2D eigenvalue weighted by Gasteiger charge is -2.24. The molecule has 0 aromatic rings. The van der Waals surface area contributed by atoms with Gasteiger partial charge in [-0.15, -0.1) is 0 Å². The summed E-state index contributed by atoms with van der Waals surface area (Å²) in [5.74, 6) is 0.551. The van der Waals surface area contributed by atoms with Gasteiger partial charge in [0.25, 0.3) is 0 Å². The van der Waals surface area contributed by atoms with E-state index in [9.17, 15) is 0 Å². The van der Waals surface area contributed by atoms with E-state index < -0.39 is 0 Å². The van der Waals surface area contributed by atoms with Crippen LogP contribution in [0.5, 0.6) is 0 Å². The summed E-state index contributed by atoms with van der Waals surface area (Å²) >= 11 is 0. The molecule has 0 saturated heterocycles. The highest BCUT2D eigenvalue weighted by Gasteiger charge is 1.97. The summed E-state index contributed by atoms with van der Waals surface area (Å²) in [7, 11) is 5.65. The fourth-order valence-corrected chi connectivity index (χ4v) is 0.300. The highest BCUT2D eigenvalue weighted by Crippen LogP contribution is 1.84. The van der Waals surface area contributed by atoms with Crippen LogP contribution in [0.1, 0.15) is 6.92 Å². The van der Waals surface area contributed by atoms with Gasteiger partial charge in [0.1, 0.15) is 5.84 Å². The fourth-order valence-electron chi connectivity index (χ4n) is 0.300. The second-order valence-electron chi connectivity index (χ2n) is 1.96. The van der Waals surface area contributed by atoms with Crippen molar-refractivity contribution < 1.29 is 0 Å². The quantitative estimate of drug-likeness (QED) is 0.304. The van der Waals surface area contributed by atoms with Gasteiger partial charge in [0, 0.05) is 21.1 Å². The molecule has 0 bridgehead atoms. The topological polar surface area (TPSA) is 30.3 Å². The summed E-state index contributed by atoms with van der Waals surface area (Å²) in [4.78, 5) is 0.